The molecule has 1 N–H and O–H groups in total. The molecule has 2 aliphatic rings. The fourth-order valence-electron chi connectivity index (χ4n) is 2.92. The summed E-state index contributed by atoms with van der Waals surface area (Å²) in [4.78, 5) is 0. The molecule has 0 aromatic rings. The van der Waals surface area contributed by atoms with E-state index in [1.165, 1.54) is 51.4 Å². The molecule has 2 rings (SSSR count). The molecule has 0 spiro atoms. The lowest BCUT2D eigenvalue weighted by Crippen LogP contribution is -2.43. The van der Waals surface area contributed by atoms with E-state index in [-0.39, 0.29) is 0 Å². The molecule has 15 heavy (non-hydrogen) atoms. The molecule has 1 heterocycles. The summed E-state index contributed by atoms with van der Waals surface area (Å²) in [5.41, 5.74) is 0. The quantitative estimate of drug-likeness (QED) is 0.725. The smallest absolute Gasteiger partial charge is 0.0726 e. The SMILES string of the molecule is CC(NC1CCCCCC1)C1CCCO1. The fourth-order valence-corrected chi connectivity index (χ4v) is 2.92. The van der Waals surface area contributed by atoms with Crippen molar-refractivity contribution in [2.75, 3.05) is 6.61 Å². The third-order valence-electron chi connectivity index (χ3n) is 3.88. The molecule has 88 valence electrons. The summed E-state index contributed by atoms with van der Waals surface area (Å²) in [5, 5.41) is 3.78. The number of hydrogen-bond donors (Lipinski definition) is 1. The second-order valence-corrected chi connectivity index (χ2v) is 5.20. The van der Waals surface area contributed by atoms with Gasteiger partial charge in [-0.1, -0.05) is 25.7 Å². The predicted molar refractivity (Wildman–Crippen MR) is 63.1 cm³/mol. The first-order valence-electron chi connectivity index (χ1n) is 6.74. The van der Waals surface area contributed by atoms with Gasteiger partial charge in [0.15, 0.2) is 0 Å². The van der Waals surface area contributed by atoms with Gasteiger partial charge in [-0.3, -0.25) is 0 Å². The third kappa shape index (κ3) is 3.46. The molecule has 1 aliphatic heterocycles. The lowest BCUT2D eigenvalue weighted by atomic mass is 10.0. The summed E-state index contributed by atoms with van der Waals surface area (Å²) in [6, 6.07) is 1.31. The second-order valence-electron chi connectivity index (χ2n) is 5.20. The predicted octanol–water partition coefficient (Wildman–Crippen LogP) is 2.87. The normalized spacial score (nSPS) is 31.4. The highest BCUT2D eigenvalue weighted by Gasteiger charge is 2.24. The Morgan fingerprint density at radius 3 is 2.33 bits per heavy atom. The molecule has 2 unspecified atom stereocenters. The molecule has 2 fully saturated rings. The molecule has 2 atom stereocenters. The summed E-state index contributed by atoms with van der Waals surface area (Å²) in [5.74, 6) is 0. The Morgan fingerprint density at radius 2 is 1.73 bits per heavy atom. The minimum atomic E-state index is 0.480. The van der Waals surface area contributed by atoms with Gasteiger partial charge in [0.05, 0.1) is 6.10 Å². The van der Waals surface area contributed by atoms with Gasteiger partial charge < -0.3 is 10.1 Å². The summed E-state index contributed by atoms with van der Waals surface area (Å²) < 4.78 is 5.73. The molecule has 0 aromatic carbocycles. The standard InChI is InChI=1S/C13H25NO/c1-11(13-9-6-10-15-13)14-12-7-4-2-3-5-8-12/h11-14H,2-10H2,1H3. The Morgan fingerprint density at radius 1 is 1.00 bits per heavy atom. The van der Waals surface area contributed by atoms with Crippen molar-refractivity contribution in [2.24, 2.45) is 0 Å². The molecule has 2 heteroatoms. The summed E-state index contributed by atoms with van der Waals surface area (Å²) in [7, 11) is 0. The Bertz CT molecular complexity index is 169. The van der Waals surface area contributed by atoms with Gasteiger partial charge in [-0.2, -0.15) is 0 Å². The molecule has 0 aromatic heterocycles. The Kier molecular flexibility index (Phi) is 4.45. The van der Waals surface area contributed by atoms with E-state index in [9.17, 15) is 0 Å². The fraction of sp³-hybridized carbons (Fsp3) is 1.00. The third-order valence-corrected chi connectivity index (χ3v) is 3.88. The molecule has 0 radical (unpaired) electrons. The number of ether oxygens (including phenoxy) is 1. The highest BCUT2D eigenvalue weighted by atomic mass is 16.5. The van der Waals surface area contributed by atoms with Crippen LogP contribution in [0.2, 0.25) is 0 Å². The second kappa shape index (κ2) is 5.86. The molecule has 2 nitrogen and oxygen atoms in total. The number of rotatable bonds is 3. The Hall–Kier alpha value is -0.0800. The van der Waals surface area contributed by atoms with Gasteiger partial charge in [0.1, 0.15) is 0 Å². The van der Waals surface area contributed by atoms with Gasteiger partial charge in [0.25, 0.3) is 0 Å². The molecular weight excluding hydrogens is 186 g/mol. The average Bonchev–Trinajstić information content (AvgIpc) is 2.65. The zero-order chi connectivity index (χ0) is 10.5. The maximum absolute atomic E-state index is 5.73. The first-order valence-corrected chi connectivity index (χ1v) is 6.74. The Labute approximate surface area is 93.8 Å². The summed E-state index contributed by atoms with van der Waals surface area (Å²) >= 11 is 0. The summed E-state index contributed by atoms with van der Waals surface area (Å²) in [6.07, 6.45) is 11.4. The van der Waals surface area contributed by atoms with Crippen LogP contribution in [0.25, 0.3) is 0 Å². The maximum atomic E-state index is 5.73. The first kappa shape index (κ1) is 11.4. The van der Waals surface area contributed by atoms with Crippen molar-refractivity contribution in [2.45, 2.75) is 76.5 Å². The van der Waals surface area contributed by atoms with Crippen molar-refractivity contribution in [1.82, 2.24) is 5.32 Å². The van der Waals surface area contributed by atoms with Gasteiger partial charge >= 0.3 is 0 Å². The minimum Gasteiger partial charge on any atom is -0.377 e. The lowest BCUT2D eigenvalue weighted by molar-refractivity contribution is 0.0788. The lowest BCUT2D eigenvalue weighted by Gasteiger charge is -2.25. The Balaban J connectivity index is 1.73. The molecule has 1 aliphatic carbocycles. The zero-order valence-corrected chi connectivity index (χ0v) is 10.0. The van der Waals surface area contributed by atoms with E-state index >= 15 is 0 Å². The number of nitrogens with one attached hydrogen (secondary N) is 1. The van der Waals surface area contributed by atoms with E-state index in [2.05, 4.69) is 12.2 Å². The number of hydrogen-bond acceptors (Lipinski definition) is 2. The van der Waals surface area contributed by atoms with Crippen LogP contribution in [0.1, 0.15) is 58.3 Å². The van der Waals surface area contributed by atoms with Crippen LogP contribution in [0.3, 0.4) is 0 Å². The van der Waals surface area contributed by atoms with Crippen molar-refractivity contribution >= 4 is 0 Å². The van der Waals surface area contributed by atoms with E-state index in [1.54, 1.807) is 0 Å². The van der Waals surface area contributed by atoms with Crippen LogP contribution in [0.4, 0.5) is 0 Å². The zero-order valence-electron chi connectivity index (χ0n) is 10.0. The van der Waals surface area contributed by atoms with Gasteiger partial charge in [-0.25, -0.2) is 0 Å². The molecule has 1 saturated carbocycles. The first-order chi connectivity index (χ1) is 7.36. The molecule has 0 bridgehead atoms. The largest absolute Gasteiger partial charge is 0.377 e. The van der Waals surface area contributed by atoms with Crippen LogP contribution in [0.5, 0.6) is 0 Å². The highest BCUT2D eigenvalue weighted by molar-refractivity contribution is 4.81. The van der Waals surface area contributed by atoms with Crippen LogP contribution >= 0.6 is 0 Å². The van der Waals surface area contributed by atoms with Crippen molar-refractivity contribution in [3.05, 3.63) is 0 Å². The van der Waals surface area contributed by atoms with E-state index < -0.39 is 0 Å². The van der Waals surface area contributed by atoms with E-state index in [1.807, 2.05) is 0 Å². The van der Waals surface area contributed by atoms with Gasteiger partial charge in [0, 0.05) is 18.7 Å². The molecule has 1 saturated heterocycles. The van der Waals surface area contributed by atoms with Crippen LogP contribution < -0.4 is 5.32 Å². The van der Waals surface area contributed by atoms with Crippen LogP contribution in [0.15, 0.2) is 0 Å². The van der Waals surface area contributed by atoms with Crippen molar-refractivity contribution in [3.8, 4) is 0 Å². The van der Waals surface area contributed by atoms with Crippen LogP contribution in [0, 0.1) is 0 Å². The van der Waals surface area contributed by atoms with E-state index in [0.717, 1.165) is 12.6 Å². The average molecular weight is 211 g/mol. The minimum absolute atomic E-state index is 0.480. The topological polar surface area (TPSA) is 21.3 Å². The van der Waals surface area contributed by atoms with E-state index in [4.69, 9.17) is 4.74 Å². The van der Waals surface area contributed by atoms with Gasteiger partial charge in [-0.15, -0.1) is 0 Å². The van der Waals surface area contributed by atoms with Crippen molar-refractivity contribution < 1.29 is 4.74 Å². The monoisotopic (exact) mass is 211 g/mol. The van der Waals surface area contributed by atoms with Crippen LogP contribution in [-0.4, -0.2) is 24.8 Å². The maximum Gasteiger partial charge on any atom is 0.0726 e. The molecule has 0 amide bonds. The van der Waals surface area contributed by atoms with E-state index in [0.29, 0.717) is 12.1 Å². The van der Waals surface area contributed by atoms with Crippen LogP contribution in [-0.2, 0) is 4.74 Å². The molecular formula is C13H25NO. The van der Waals surface area contributed by atoms with Gasteiger partial charge in [-0.05, 0) is 32.6 Å². The van der Waals surface area contributed by atoms with Gasteiger partial charge in [0.2, 0.25) is 0 Å². The highest BCUT2D eigenvalue weighted by Crippen LogP contribution is 2.20. The van der Waals surface area contributed by atoms with Crippen molar-refractivity contribution in [3.63, 3.8) is 0 Å². The van der Waals surface area contributed by atoms with Crippen molar-refractivity contribution in [1.29, 1.82) is 0 Å². The summed E-state index contributed by atoms with van der Waals surface area (Å²) in [6.45, 7) is 3.27.